The minimum absolute atomic E-state index is 0. The number of hydrogen-bond donors (Lipinski definition) is 0. The molecular formula is C5H7NaO3. The average molecular weight is 138 g/mol. The molecule has 0 aromatic carbocycles. The zero-order chi connectivity index (χ0) is 6.57. The number of esters is 1. The molecular weight excluding hydrogens is 131 g/mol. The van der Waals surface area contributed by atoms with Crippen LogP contribution in [-0.4, -0.2) is 11.8 Å². The van der Waals surface area contributed by atoms with Gasteiger partial charge in [-0.05, 0) is 6.92 Å². The fourth-order valence-electron chi connectivity index (χ4n) is 0.254. The summed E-state index contributed by atoms with van der Waals surface area (Å²) in [6, 6.07) is 0. The molecule has 0 saturated carbocycles. The Bertz CT molecular complexity index is 111. The minimum atomic E-state index is -0.586. The number of rotatable bonds is 2. The van der Waals surface area contributed by atoms with Crippen molar-refractivity contribution in [3.63, 3.8) is 0 Å². The Morgan fingerprint density at radius 1 is 1.56 bits per heavy atom. The van der Waals surface area contributed by atoms with Crippen LogP contribution in [0.1, 0.15) is 13.3 Å². The van der Waals surface area contributed by atoms with Gasteiger partial charge in [-0.15, -0.1) is 0 Å². The van der Waals surface area contributed by atoms with Gasteiger partial charge in [0.05, 0.1) is 0 Å². The second kappa shape index (κ2) is 6.26. The van der Waals surface area contributed by atoms with Crippen molar-refractivity contribution < 1.29 is 43.9 Å². The number of Topliss-reactive ketones (excluding diaryl/α,β-unsaturated/α-hetero) is 1. The summed E-state index contributed by atoms with van der Waals surface area (Å²) in [4.78, 5) is 20.2. The molecule has 0 aliphatic heterocycles. The van der Waals surface area contributed by atoms with Crippen LogP contribution < -0.4 is 29.6 Å². The summed E-state index contributed by atoms with van der Waals surface area (Å²) >= 11 is 0. The molecule has 0 saturated heterocycles. The van der Waals surface area contributed by atoms with Crippen molar-refractivity contribution in [2.45, 2.75) is 13.3 Å². The van der Waals surface area contributed by atoms with E-state index in [0.717, 1.165) is 0 Å². The van der Waals surface area contributed by atoms with Crippen LogP contribution in [0, 0.1) is 7.11 Å². The standard InChI is InChI=1S/C5H7O3.Na/c1-4(6)3-5(7)8-2;/h2-3H2,1H3;/q-1;+1. The van der Waals surface area contributed by atoms with Crippen LogP contribution in [0.15, 0.2) is 0 Å². The summed E-state index contributed by atoms with van der Waals surface area (Å²) < 4.78 is 3.95. The van der Waals surface area contributed by atoms with Crippen molar-refractivity contribution in [3.05, 3.63) is 7.11 Å². The normalized spacial score (nSPS) is 7.33. The summed E-state index contributed by atoms with van der Waals surface area (Å²) in [5.41, 5.74) is 0. The molecule has 46 valence electrons. The molecule has 0 amide bonds. The van der Waals surface area contributed by atoms with Crippen molar-refractivity contribution in [2.24, 2.45) is 0 Å². The molecule has 0 heterocycles. The van der Waals surface area contributed by atoms with Crippen molar-refractivity contribution in [3.8, 4) is 0 Å². The Balaban J connectivity index is 0. The van der Waals surface area contributed by atoms with Gasteiger partial charge in [0, 0.05) is 0 Å². The summed E-state index contributed by atoms with van der Waals surface area (Å²) in [5, 5.41) is 0. The molecule has 0 aromatic rings. The zero-order valence-electron chi connectivity index (χ0n) is 5.64. The molecule has 0 aliphatic carbocycles. The van der Waals surface area contributed by atoms with Crippen LogP contribution in [-0.2, 0) is 14.3 Å². The average Bonchev–Trinajstić information content (AvgIpc) is 1.65. The summed E-state index contributed by atoms with van der Waals surface area (Å²) in [5.74, 6) is -0.795. The molecule has 0 bridgehead atoms. The molecule has 0 unspecified atom stereocenters. The quantitative estimate of drug-likeness (QED) is 0.180. The van der Waals surface area contributed by atoms with Gasteiger partial charge in [0.2, 0.25) is 0 Å². The maximum absolute atomic E-state index is 10.1. The first-order valence-electron chi connectivity index (χ1n) is 2.11. The first-order chi connectivity index (χ1) is 3.66. The van der Waals surface area contributed by atoms with Crippen LogP contribution in [0.2, 0.25) is 0 Å². The van der Waals surface area contributed by atoms with Gasteiger partial charge in [0.15, 0.2) is 0 Å². The predicted octanol–water partition coefficient (Wildman–Crippen LogP) is -2.70. The van der Waals surface area contributed by atoms with Gasteiger partial charge in [-0.1, -0.05) is 0 Å². The first kappa shape index (κ1) is 11.9. The van der Waals surface area contributed by atoms with E-state index < -0.39 is 5.97 Å². The molecule has 0 N–H and O–H groups in total. The number of carbonyl (C=O) groups is 2. The molecule has 0 fully saturated rings. The number of ketones is 1. The SMILES string of the molecule is [CH2-]OC(=O)CC(C)=O.[Na+]. The molecule has 0 atom stereocenters. The third kappa shape index (κ3) is 8.14. The first-order valence-corrected chi connectivity index (χ1v) is 2.11. The summed E-state index contributed by atoms with van der Waals surface area (Å²) in [6.07, 6.45) is -0.177. The van der Waals surface area contributed by atoms with E-state index in [9.17, 15) is 9.59 Å². The van der Waals surface area contributed by atoms with Crippen LogP contribution in [0.25, 0.3) is 0 Å². The third-order valence-corrected chi connectivity index (χ3v) is 0.554. The van der Waals surface area contributed by atoms with Gasteiger partial charge in [-0.2, -0.15) is 7.11 Å². The van der Waals surface area contributed by atoms with Gasteiger partial charge >= 0.3 is 29.6 Å². The summed E-state index contributed by atoms with van der Waals surface area (Å²) in [6.45, 7) is 1.32. The molecule has 0 rings (SSSR count). The Labute approximate surface area is 76.0 Å². The second-order valence-electron chi connectivity index (χ2n) is 1.40. The predicted molar refractivity (Wildman–Crippen MR) is 26.7 cm³/mol. The molecule has 3 nitrogen and oxygen atoms in total. The van der Waals surface area contributed by atoms with Gasteiger partial charge in [0.25, 0.3) is 5.97 Å². The van der Waals surface area contributed by atoms with E-state index in [4.69, 9.17) is 0 Å². The van der Waals surface area contributed by atoms with Crippen LogP contribution in [0.4, 0.5) is 0 Å². The van der Waals surface area contributed by atoms with E-state index >= 15 is 0 Å². The number of ether oxygens (including phenoxy) is 1. The molecule has 9 heavy (non-hydrogen) atoms. The van der Waals surface area contributed by atoms with E-state index in [0.29, 0.717) is 0 Å². The zero-order valence-corrected chi connectivity index (χ0v) is 7.64. The van der Waals surface area contributed by atoms with E-state index in [1.54, 1.807) is 0 Å². The molecule has 0 spiro atoms. The molecule has 0 radical (unpaired) electrons. The monoisotopic (exact) mass is 138 g/mol. The topological polar surface area (TPSA) is 43.4 Å². The fraction of sp³-hybridized carbons (Fsp3) is 0.400. The van der Waals surface area contributed by atoms with E-state index in [-0.39, 0.29) is 41.8 Å². The van der Waals surface area contributed by atoms with Crippen LogP contribution in [0.3, 0.4) is 0 Å². The van der Waals surface area contributed by atoms with E-state index in [2.05, 4.69) is 11.8 Å². The van der Waals surface area contributed by atoms with Gasteiger partial charge in [0.1, 0.15) is 12.2 Å². The molecule has 4 heteroatoms. The molecule has 0 aliphatic rings. The summed E-state index contributed by atoms with van der Waals surface area (Å²) in [7, 11) is 2.84. The number of hydrogen-bond acceptors (Lipinski definition) is 3. The Morgan fingerprint density at radius 3 is 2.11 bits per heavy atom. The van der Waals surface area contributed by atoms with Gasteiger partial charge in [-0.3, -0.25) is 9.59 Å². The van der Waals surface area contributed by atoms with Gasteiger partial charge in [-0.25, -0.2) is 0 Å². The fourth-order valence-corrected chi connectivity index (χ4v) is 0.254. The Morgan fingerprint density at radius 2 is 2.00 bits per heavy atom. The van der Waals surface area contributed by atoms with Crippen molar-refractivity contribution >= 4 is 11.8 Å². The van der Waals surface area contributed by atoms with Gasteiger partial charge < -0.3 is 4.74 Å². The Kier molecular flexibility index (Phi) is 8.27. The third-order valence-electron chi connectivity index (χ3n) is 0.554. The van der Waals surface area contributed by atoms with Crippen molar-refractivity contribution in [2.75, 3.05) is 0 Å². The smallest absolute Gasteiger partial charge is 0.640 e. The number of carbonyl (C=O) groups excluding carboxylic acids is 2. The van der Waals surface area contributed by atoms with E-state index in [1.807, 2.05) is 0 Å². The van der Waals surface area contributed by atoms with Crippen LogP contribution >= 0.6 is 0 Å². The Hall–Kier alpha value is 0.140. The van der Waals surface area contributed by atoms with Crippen molar-refractivity contribution in [1.29, 1.82) is 0 Å². The minimum Gasteiger partial charge on any atom is -0.640 e. The van der Waals surface area contributed by atoms with Crippen molar-refractivity contribution in [1.82, 2.24) is 0 Å². The maximum atomic E-state index is 10.1. The maximum Gasteiger partial charge on any atom is 1.00 e. The molecule has 0 aromatic heterocycles. The largest absolute Gasteiger partial charge is 1.00 e. The van der Waals surface area contributed by atoms with Crippen LogP contribution in [0.5, 0.6) is 0 Å². The second-order valence-corrected chi connectivity index (χ2v) is 1.40. The van der Waals surface area contributed by atoms with E-state index in [1.165, 1.54) is 6.92 Å².